The highest BCUT2D eigenvalue weighted by atomic mass is 16.3. The number of hydrogen-bond acceptors (Lipinski definition) is 3. The van der Waals surface area contributed by atoms with Crippen molar-refractivity contribution in [1.82, 2.24) is 9.13 Å². The second-order valence-electron chi connectivity index (χ2n) is 5.37. The molecular weight excluding hydrogens is 254 g/mol. The molecular formula is C15H15N3O2. The molecule has 0 spiro atoms. The molecule has 20 heavy (non-hydrogen) atoms. The lowest BCUT2D eigenvalue weighted by molar-refractivity contribution is 0.412. The molecule has 2 aromatic rings. The van der Waals surface area contributed by atoms with E-state index in [1.165, 1.54) is 10.1 Å². The zero-order valence-corrected chi connectivity index (χ0v) is 10.9. The third-order valence-electron chi connectivity index (χ3n) is 4.17. The maximum absolute atomic E-state index is 12.4. The second kappa shape index (κ2) is 4.10. The van der Waals surface area contributed by atoms with Gasteiger partial charge in [0.1, 0.15) is 5.69 Å². The predicted octanol–water partition coefficient (Wildman–Crippen LogP) is 1.52. The largest absolute Gasteiger partial charge is 0.493 e. The fraction of sp³-hybridized carbons (Fsp3) is 0.333. The third-order valence-corrected chi connectivity index (χ3v) is 4.17. The molecule has 1 fully saturated rings. The first-order chi connectivity index (χ1) is 9.77. The summed E-state index contributed by atoms with van der Waals surface area (Å²) in [5.74, 6) is 0.378. The van der Waals surface area contributed by atoms with Gasteiger partial charge in [-0.25, -0.2) is 4.79 Å². The first-order valence-electron chi connectivity index (χ1n) is 6.86. The average Bonchev–Trinajstić information content (AvgIpc) is 3.24. The van der Waals surface area contributed by atoms with Gasteiger partial charge in [-0.3, -0.25) is 14.1 Å². The normalized spacial score (nSPS) is 23.6. The molecule has 5 nitrogen and oxygen atoms in total. The minimum atomic E-state index is -0.118. The van der Waals surface area contributed by atoms with Gasteiger partial charge in [0.15, 0.2) is 0 Å². The third kappa shape index (κ3) is 1.56. The molecule has 1 aliphatic heterocycles. The monoisotopic (exact) mass is 269 g/mol. The highest BCUT2D eigenvalue weighted by molar-refractivity contribution is 5.81. The lowest BCUT2D eigenvalue weighted by atomic mass is 10.1. The lowest BCUT2D eigenvalue weighted by Crippen LogP contribution is -2.27. The number of imidazole rings is 1. The molecule has 1 saturated carbocycles. The number of nitrogens with zero attached hydrogens (tertiary/aromatic N) is 3. The lowest BCUT2D eigenvalue weighted by Gasteiger charge is -2.05. The molecule has 0 bridgehead atoms. The smallest absolute Gasteiger partial charge is 0.331 e. The Bertz CT molecular complexity index is 742. The predicted molar refractivity (Wildman–Crippen MR) is 75.7 cm³/mol. The fourth-order valence-electron chi connectivity index (χ4n) is 3.04. The molecule has 1 aliphatic carbocycles. The fourth-order valence-corrected chi connectivity index (χ4v) is 3.04. The zero-order valence-electron chi connectivity index (χ0n) is 10.9. The van der Waals surface area contributed by atoms with Crippen LogP contribution >= 0.6 is 0 Å². The highest BCUT2D eigenvalue weighted by Crippen LogP contribution is 2.52. The minimum absolute atomic E-state index is 0.0573. The van der Waals surface area contributed by atoms with Gasteiger partial charge in [0.2, 0.25) is 5.88 Å². The van der Waals surface area contributed by atoms with Crippen LogP contribution in [0.2, 0.25) is 0 Å². The van der Waals surface area contributed by atoms with E-state index < -0.39 is 0 Å². The number of benzene rings is 1. The number of rotatable bonds is 2. The van der Waals surface area contributed by atoms with Crippen LogP contribution in [0.4, 0.5) is 0 Å². The molecule has 2 aliphatic rings. The Morgan fingerprint density at radius 3 is 2.80 bits per heavy atom. The van der Waals surface area contributed by atoms with E-state index in [9.17, 15) is 9.90 Å². The van der Waals surface area contributed by atoms with E-state index in [-0.39, 0.29) is 17.6 Å². The topological polar surface area (TPSA) is 59.5 Å². The Morgan fingerprint density at radius 2 is 2.05 bits per heavy atom. The summed E-state index contributed by atoms with van der Waals surface area (Å²) in [6.45, 7) is 1.15. The van der Waals surface area contributed by atoms with Gasteiger partial charge in [0.05, 0.1) is 12.8 Å². The van der Waals surface area contributed by atoms with E-state index in [1.54, 1.807) is 10.8 Å². The zero-order chi connectivity index (χ0) is 13.7. The van der Waals surface area contributed by atoms with Crippen LogP contribution in [0, 0.1) is 0 Å². The van der Waals surface area contributed by atoms with Crippen LogP contribution in [-0.4, -0.2) is 27.0 Å². The van der Waals surface area contributed by atoms with Gasteiger partial charge in [-0.2, -0.15) is 0 Å². The first kappa shape index (κ1) is 11.5. The molecule has 0 radical (unpaired) electrons. The van der Waals surface area contributed by atoms with Crippen LogP contribution in [0.3, 0.4) is 0 Å². The Morgan fingerprint density at radius 1 is 1.25 bits per heavy atom. The molecule has 1 aromatic carbocycles. The molecule has 0 saturated heterocycles. The number of aromatic nitrogens is 2. The van der Waals surface area contributed by atoms with Gasteiger partial charge in [-0.15, -0.1) is 0 Å². The van der Waals surface area contributed by atoms with E-state index >= 15 is 0 Å². The standard InChI is InChI=1S/C15H15N3O2/c19-14-13-9-16-6-7-17(13)15(20)18(14)12-8-11(12)10-4-2-1-3-5-10/h1-5,9,11-12,19H,6-8H2. The molecule has 5 heteroatoms. The van der Waals surface area contributed by atoms with Gasteiger partial charge >= 0.3 is 5.69 Å². The first-order valence-corrected chi connectivity index (χ1v) is 6.86. The van der Waals surface area contributed by atoms with Crippen LogP contribution in [0.5, 0.6) is 5.88 Å². The van der Waals surface area contributed by atoms with Crippen molar-refractivity contribution in [3.05, 3.63) is 52.1 Å². The number of fused-ring (bicyclic) bond motifs is 1. The quantitative estimate of drug-likeness (QED) is 0.898. The summed E-state index contributed by atoms with van der Waals surface area (Å²) < 4.78 is 3.15. The average molecular weight is 269 g/mol. The van der Waals surface area contributed by atoms with Crippen molar-refractivity contribution < 1.29 is 5.11 Å². The van der Waals surface area contributed by atoms with Crippen molar-refractivity contribution in [2.75, 3.05) is 6.54 Å². The summed E-state index contributed by atoms with van der Waals surface area (Å²) in [5.41, 5.74) is 1.65. The Kier molecular flexibility index (Phi) is 2.36. The number of hydrogen-bond donors (Lipinski definition) is 1. The summed E-state index contributed by atoms with van der Waals surface area (Å²) in [4.78, 5) is 16.5. The summed E-state index contributed by atoms with van der Waals surface area (Å²) in [6.07, 6.45) is 2.49. The maximum atomic E-state index is 12.4. The van der Waals surface area contributed by atoms with Crippen molar-refractivity contribution in [2.24, 2.45) is 4.99 Å². The highest BCUT2D eigenvalue weighted by Gasteiger charge is 2.43. The van der Waals surface area contributed by atoms with Crippen LogP contribution in [0.1, 0.15) is 29.6 Å². The summed E-state index contributed by atoms with van der Waals surface area (Å²) in [6, 6.07) is 10.2. The number of aliphatic imine (C=N–C) groups is 1. The molecule has 4 rings (SSSR count). The summed E-state index contributed by atoms with van der Waals surface area (Å²) in [5, 5.41) is 10.3. The van der Waals surface area contributed by atoms with Gasteiger partial charge in [-0.05, 0) is 12.0 Å². The van der Waals surface area contributed by atoms with E-state index in [4.69, 9.17) is 0 Å². The van der Waals surface area contributed by atoms with Crippen molar-refractivity contribution in [3.8, 4) is 5.88 Å². The van der Waals surface area contributed by atoms with Gasteiger partial charge in [0.25, 0.3) is 0 Å². The molecule has 1 N–H and O–H groups in total. The van der Waals surface area contributed by atoms with Crippen molar-refractivity contribution in [2.45, 2.75) is 24.9 Å². The van der Waals surface area contributed by atoms with Crippen LogP contribution in [-0.2, 0) is 6.54 Å². The van der Waals surface area contributed by atoms with E-state index in [0.717, 1.165) is 6.42 Å². The van der Waals surface area contributed by atoms with Crippen LogP contribution in [0.15, 0.2) is 40.1 Å². The van der Waals surface area contributed by atoms with Gasteiger partial charge in [-0.1, -0.05) is 30.3 Å². The second-order valence-corrected chi connectivity index (χ2v) is 5.37. The molecule has 2 unspecified atom stereocenters. The van der Waals surface area contributed by atoms with E-state index in [0.29, 0.717) is 24.7 Å². The molecule has 102 valence electrons. The Balaban J connectivity index is 1.74. The van der Waals surface area contributed by atoms with Crippen LogP contribution < -0.4 is 5.69 Å². The minimum Gasteiger partial charge on any atom is -0.493 e. The van der Waals surface area contributed by atoms with Gasteiger partial charge < -0.3 is 5.11 Å². The summed E-state index contributed by atoms with van der Waals surface area (Å²) in [7, 11) is 0. The molecule has 1 aromatic heterocycles. The number of aromatic hydroxyl groups is 1. The van der Waals surface area contributed by atoms with Crippen molar-refractivity contribution in [3.63, 3.8) is 0 Å². The molecule has 2 atom stereocenters. The molecule has 2 heterocycles. The maximum Gasteiger partial charge on any atom is 0.331 e. The van der Waals surface area contributed by atoms with E-state index in [1.807, 2.05) is 18.2 Å². The Hall–Kier alpha value is -2.30. The van der Waals surface area contributed by atoms with Crippen LogP contribution in [0.25, 0.3) is 0 Å². The van der Waals surface area contributed by atoms with Crippen molar-refractivity contribution in [1.29, 1.82) is 0 Å². The summed E-state index contributed by atoms with van der Waals surface area (Å²) >= 11 is 0. The Labute approximate surface area is 115 Å². The van der Waals surface area contributed by atoms with E-state index in [2.05, 4.69) is 17.1 Å². The van der Waals surface area contributed by atoms with Gasteiger partial charge in [0, 0.05) is 18.5 Å². The van der Waals surface area contributed by atoms with Crippen molar-refractivity contribution >= 4 is 6.21 Å². The SMILES string of the molecule is O=c1n2c(c(O)n1C1CC1c1ccccc1)C=NCC2. The molecule has 0 amide bonds.